The lowest BCUT2D eigenvalue weighted by molar-refractivity contribution is -0.134. The van der Waals surface area contributed by atoms with E-state index in [-0.39, 0.29) is 16.9 Å². The molecule has 1 aromatic carbocycles. The zero-order valence-corrected chi connectivity index (χ0v) is 19.3. The zero-order chi connectivity index (χ0) is 20.8. The molecular formula is C20H36N2O4Si. The number of nitrogens with one attached hydrogen (secondary N) is 1. The van der Waals surface area contributed by atoms with Crippen LogP contribution in [0.1, 0.15) is 27.7 Å². The van der Waals surface area contributed by atoms with Gasteiger partial charge in [0.15, 0.2) is 8.32 Å². The Morgan fingerprint density at radius 2 is 1.74 bits per heavy atom. The average molecular weight is 397 g/mol. The molecular weight excluding hydrogens is 360 g/mol. The van der Waals surface area contributed by atoms with Crippen molar-refractivity contribution >= 4 is 19.9 Å². The second-order valence-corrected chi connectivity index (χ2v) is 13.3. The van der Waals surface area contributed by atoms with E-state index in [0.29, 0.717) is 6.61 Å². The first kappa shape index (κ1) is 23.5. The quantitative estimate of drug-likeness (QED) is 0.508. The van der Waals surface area contributed by atoms with Gasteiger partial charge in [-0.05, 0) is 42.4 Å². The lowest BCUT2D eigenvalue weighted by atomic mass is 10.0. The van der Waals surface area contributed by atoms with E-state index < -0.39 is 14.4 Å². The van der Waals surface area contributed by atoms with Gasteiger partial charge < -0.3 is 14.1 Å². The number of ether oxygens (including phenoxy) is 1. The third-order valence-corrected chi connectivity index (χ3v) is 9.92. The standard InChI is InChI=1S/C20H36N2O4Si/c1-15(14-26-27(8,9)20(2,3)4)18(19(23)21-25-7)22(5)16-10-12-17(24-6)13-11-16/h10-13,15,18H,14H2,1-9H3,(H,21,23)/t15-,18-/m0/s1. The van der Waals surface area contributed by atoms with Gasteiger partial charge in [-0.2, -0.15) is 0 Å². The number of anilines is 1. The fraction of sp³-hybridized carbons (Fsp3) is 0.650. The summed E-state index contributed by atoms with van der Waals surface area (Å²) in [6.07, 6.45) is 0. The molecule has 0 bridgehead atoms. The maximum atomic E-state index is 12.7. The van der Waals surface area contributed by atoms with Crippen LogP contribution in [0.15, 0.2) is 24.3 Å². The smallest absolute Gasteiger partial charge is 0.266 e. The van der Waals surface area contributed by atoms with Crippen LogP contribution in [0.3, 0.4) is 0 Å². The van der Waals surface area contributed by atoms with E-state index in [4.69, 9.17) is 14.0 Å². The van der Waals surface area contributed by atoms with Gasteiger partial charge in [0.05, 0.1) is 14.2 Å². The Balaban J connectivity index is 3.00. The van der Waals surface area contributed by atoms with Crippen molar-refractivity contribution in [2.45, 2.75) is 51.9 Å². The second-order valence-electron chi connectivity index (χ2n) is 8.47. The Kier molecular flexibility index (Phi) is 8.32. The Bertz CT molecular complexity index is 599. The number of benzene rings is 1. The van der Waals surface area contributed by atoms with E-state index in [0.717, 1.165) is 11.4 Å². The van der Waals surface area contributed by atoms with Crippen LogP contribution in [0.4, 0.5) is 5.69 Å². The number of carbonyl (C=O) groups is 1. The summed E-state index contributed by atoms with van der Waals surface area (Å²) in [5.74, 6) is 0.558. The summed E-state index contributed by atoms with van der Waals surface area (Å²) in [4.78, 5) is 19.5. The molecule has 6 nitrogen and oxygen atoms in total. The summed E-state index contributed by atoms with van der Waals surface area (Å²) in [5.41, 5.74) is 3.40. The predicted octanol–water partition coefficient (Wildman–Crippen LogP) is 3.84. The molecule has 1 amide bonds. The van der Waals surface area contributed by atoms with Gasteiger partial charge in [-0.3, -0.25) is 9.63 Å². The average Bonchev–Trinajstić information content (AvgIpc) is 2.59. The normalized spacial score (nSPS) is 14.4. The first-order valence-corrected chi connectivity index (χ1v) is 12.2. The molecule has 0 saturated heterocycles. The van der Waals surface area contributed by atoms with Crippen molar-refractivity contribution in [2.24, 2.45) is 5.92 Å². The van der Waals surface area contributed by atoms with Crippen LogP contribution in [0.2, 0.25) is 18.1 Å². The molecule has 0 spiro atoms. The Labute approximate surface area is 165 Å². The van der Waals surface area contributed by atoms with Gasteiger partial charge in [0, 0.05) is 25.3 Å². The summed E-state index contributed by atoms with van der Waals surface area (Å²) in [6.45, 7) is 13.6. The van der Waals surface area contributed by atoms with E-state index in [1.807, 2.05) is 43.1 Å². The lowest BCUT2D eigenvalue weighted by Gasteiger charge is -2.39. The topological polar surface area (TPSA) is 60.0 Å². The third-order valence-electron chi connectivity index (χ3n) is 5.42. The monoisotopic (exact) mass is 396 g/mol. The summed E-state index contributed by atoms with van der Waals surface area (Å²) in [7, 11) is 3.09. The Hall–Kier alpha value is -1.57. The molecule has 0 aliphatic carbocycles. The fourth-order valence-corrected chi connectivity index (χ4v) is 3.71. The van der Waals surface area contributed by atoms with Crippen LogP contribution >= 0.6 is 0 Å². The highest BCUT2D eigenvalue weighted by atomic mass is 28.4. The molecule has 1 rings (SSSR count). The predicted molar refractivity (Wildman–Crippen MR) is 113 cm³/mol. The van der Waals surface area contributed by atoms with Crippen molar-refractivity contribution in [1.29, 1.82) is 0 Å². The molecule has 27 heavy (non-hydrogen) atoms. The number of carbonyl (C=O) groups excluding carboxylic acids is 1. The lowest BCUT2D eigenvalue weighted by Crippen LogP contribution is -2.51. The number of nitrogens with zero attached hydrogens (tertiary/aromatic N) is 1. The van der Waals surface area contributed by atoms with Crippen LogP contribution in [0.25, 0.3) is 0 Å². The molecule has 0 fully saturated rings. The second kappa shape index (κ2) is 9.57. The van der Waals surface area contributed by atoms with Gasteiger partial charge in [0.1, 0.15) is 11.8 Å². The summed E-state index contributed by atoms with van der Waals surface area (Å²) >= 11 is 0. The number of hydrogen-bond donors (Lipinski definition) is 1. The van der Waals surface area contributed by atoms with Gasteiger partial charge in [-0.25, -0.2) is 5.48 Å². The molecule has 0 aliphatic rings. The SMILES string of the molecule is CONC(=O)[C@H]([C@@H](C)CO[Si](C)(C)C(C)(C)C)N(C)c1ccc(OC)cc1. The van der Waals surface area contributed by atoms with Crippen LogP contribution in [-0.2, 0) is 14.1 Å². The fourth-order valence-electron chi connectivity index (χ4n) is 2.60. The third kappa shape index (κ3) is 6.22. The summed E-state index contributed by atoms with van der Waals surface area (Å²) in [6, 6.07) is 7.21. The van der Waals surface area contributed by atoms with Gasteiger partial charge in [0.25, 0.3) is 5.91 Å². The van der Waals surface area contributed by atoms with Crippen molar-refractivity contribution < 1.29 is 18.8 Å². The number of methoxy groups -OCH3 is 1. The minimum atomic E-state index is -1.89. The molecule has 1 N–H and O–H groups in total. The molecule has 2 atom stereocenters. The minimum Gasteiger partial charge on any atom is -0.497 e. The molecule has 0 saturated carbocycles. The van der Waals surface area contributed by atoms with E-state index in [2.05, 4.69) is 39.3 Å². The molecule has 0 heterocycles. The highest BCUT2D eigenvalue weighted by Gasteiger charge is 2.39. The molecule has 0 aromatic heterocycles. The molecule has 0 radical (unpaired) electrons. The van der Waals surface area contributed by atoms with E-state index in [9.17, 15) is 4.79 Å². The number of likely N-dealkylation sites (N-methyl/N-ethyl adjacent to an activating group) is 1. The van der Waals surface area contributed by atoms with Crippen LogP contribution in [-0.4, -0.2) is 48.1 Å². The van der Waals surface area contributed by atoms with E-state index >= 15 is 0 Å². The zero-order valence-electron chi connectivity index (χ0n) is 18.3. The highest BCUT2D eigenvalue weighted by molar-refractivity contribution is 6.74. The van der Waals surface area contributed by atoms with Gasteiger partial charge >= 0.3 is 0 Å². The Morgan fingerprint density at radius 1 is 1.19 bits per heavy atom. The van der Waals surface area contributed by atoms with Crippen LogP contribution in [0, 0.1) is 5.92 Å². The van der Waals surface area contributed by atoms with Crippen molar-refractivity contribution in [3.05, 3.63) is 24.3 Å². The molecule has 1 aromatic rings. The summed E-state index contributed by atoms with van der Waals surface area (Å²) in [5, 5.41) is 0.124. The number of hydrogen-bond acceptors (Lipinski definition) is 5. The van der Waals surface area contributed by atoms with E-state index in [1.165, 1.54) is 7.11 Å². The maximum Gasteiger partial charge on any atom is 0.266 e. The van der Waals surface area contributed by atoms with Gasteiger partial charge in [-0.1, -0.05) is 27.7 Å². The van der Waals surface area contributed by atoms with Crippen molar-refractivity contribution in [3.63, 3.8) is 0 Å². The van der Waals surface area contributed by atoms with Crippen molar-refractivity contribution in [1.82, 2.24) is 5.48 Å². The van der Waals surface area contributed by atoms with Crippen LogP contribution < -0.4 is 15.1 Å². The van der Waals surface area contributed by atoms with E-state index in [1.54, 1.807) is 7.11 Å². The number of hydroxylamine groups is 1. The Morgan fingerprint density at radius 3 is 2.19 bits per heavy atom. The van der Waals surface area contributed by atoms with Crippen LogP contribution in [0.5, 0.6) is 5.75 Å². The molecule has 154 valence electrons. The molecule has 0 unspecified atom stereocenters. The molecule has 0 aliphatic heterocycles. The minimum absolute atomic E-state index is 0.0265. The highest BCUT2D eigenvalue weighted by Crippen LogP contribution is 2.37. The van der Waals surface area contributed by atoms with Gasteiger partial charge in [-0.15, -0.1) is 0 Å². The first-order valence-electron chi connectivity index (χ1n) is 9.28. The molecule has 7 heteroatoms. The van der Waals surface area contributed by atoms with Crippen molar-refractivity contribution in [2.75, 3.05) is 32.8 Å². The first-order chi connectivity index (χ1) is 12.4. The summed E-state index contributed by atoms with van der Waals surface area (Å²) < 4.78 is 11.6. The number of amides is 1. The van der Waals surface area contributed by atoms with Gasteiger partial charge in [0.2, 0.25) is 0 Å². The maximum absolute atomic E-state index is 12.7. The largest absolute Gasteiger partial charge is 0.497 e. The van der Waals surface area contributed by atoms with Crippen molar-refractivity contribution in [3.8, 4) is 5.75 Å². The number of rotatable bonds is 9.